The third-order valence-electron chi connectivity index (χ3n) is 6.83. The van der Waals surface area contributed by atoms with Crippen molar-refractivity contribution in [3.8, 4) is 5.75 Å². The van der Waals surface area contributed by atoms with E-state index in [0.717, 1.165) is 81.2 Å². The second-order valence-electron chi connectivity index (χ2n) is 9.39. The number of hydrogen-bond donors (Lipinski definition) is 1. The Labute approximate surface area is 201 Å². The zero-order valence-corrected chi connectivity index (χ0v) is 19.8. The molecule has 2 aromatic carbocycles. The van der Waals surface area contributed by atoms with E-state index in [1.54, 1.807) is 0 Å². The molecular formula is C28H34N4O2. The number of aryl methyl sites for hydroxylation is 1. The lowest BCUT2D eigenvalue weighted by Gasteiger charge is -2.21. The number of ether oxygens (including phenoxy) is 1. The fourth-order valence-corrected chi connectivity index (χ4v) is 4.91. The lowest BCUT2D eigenvalue weighted by molar-refractivity contribution is -0.116. The van der Waals surface area contributed by atoms with Gasteiger partial charge in [0, 0.05) is 37.1 Å². The van der Waals surface area contributed by atoms with Crippen LogP contribution in [0.2, 0.25) is 0 Å². The van der Waals surface area contributed by atoms with Gasteiger partial charge in [0.25, 0.3) is 0 Å². The average molecular weight is 459 g/mol. The van der Waals surface area contributed by atoms with Crippen LogP contribution >= 0.6 is 0 Å². The standard InChI is InChI=1S/C28H34N4O2/c33-28-13-9-23-20-25(11-12-27(23)30-28)34-19-4-3-14-31-15-5-16-32(18-17-31)21-24-10-8-22-6-1-2-7-26(22)29-24/h1-2,6-8,10-12,20H,3-5,9,13-19,21H2,(H,30,33). The first-order chi connectivity index (χ1) is 16.7. The summed E-state index contributed by atoms with van der Waals surface area (Å²) < 4.78 is 5.98. The van der Waals surface area contributed by atoms with Crippen LogP contribution in [-0.2, 0) is 17.8 Å². The molecule has 1 fully saturated rings. The number of aromatic nitrogens is 1. The molecule has 0 radical (unpaired) electrons. The molecule has 0 aliphatic carbocycles. The largest absolute Gasteiger partial charge is 0.494 e. The van der Waals surface area contributed by atoms with E-state index in [2.05, 4.69) is 57.6 Å². The first-order valence-electron chi connectivity index (χ1n) is 12.6. The van der Waals surface area contributed by atoms with E-state index < -0.39 is 0 Å². The van der Waals surface area contributed by atoms with E-state index in [1.165, 1.54) is 23.9 Å². The number of carbonyl (C=O) groups excluding carboxylic acids is 1. The van der Waals surface area contributed by atoms with Crippen molar-refractivity contribution >= 4 is 22.5 Å². The first-order valence-corrected chi connectivity index (χ1v) is 12.6. The van der Waals surface area contributed by atoms with E-state index in [1.807, 2.05) is 12.1 Å². The molecule has 1 N–H and O–H groups in total. The molecule has 0 saturated carbocycles. The Morgan fingerprint density at radius 1 is 0.912 bits per heavy atom. The molecule has 6 nitrogen and oxygen atoms in total. The topological polar surface area (TPSA) is 57.7 Å². The van der Waals surface area contributed by atoms with Crippen molar-refractivity contribution in [2.45, 2.75) is 38.6 Å². The van der Waals surface area contributed by atoms with E-state index in [9.17, 15) is 4.79 Å². The van der Waals surface area contributed by atoms with Crippen molar-refractivity contribution in [2.24, 2.45) is 0 Å². The van der Waals surface area contributed by atoms with Crippen LogP contribution in [0, 0.1) is 0 Å². The number of nitrogens with one attached hydrogen (secondary N) is 1. The number of pyridine rings is 1. The quantitative estimate of drug-likeness (QED) is 0.504. The third kappa shape index (κ3) is 5.93. The van der Waals surface area contributed by atoms with Gasteiger partial charge in [-0.25, -0.2) is 0 Å². The molecule has 0 spiro atoms. The molecule has 34 heavy (non-hydrogen) atoms. The zero-order valence-electron chi connectivity index (χ0n) is 19.8. The molecule has 1 saturated heterocycles. The minimum atomic E-state index is 0.100. The molecule has 3 heterocycles. The number of benzene rings is 2. The number of fused-ring (bicyclic) bond motifs is 2. The van der Waals surface area contributed by atoms with Crippen LogP contribution in [-0.4, -0.2) is 60.0 Å². The molecule has 2 aliphatic rings. The van der Waals surface area contributed by atoms with Gasteiger partial charge in [-0.3, -0.25) is 14.7 Å². The van der Waals surface area contributed by atoms with Crippen LogP contribution in [0.5, 0.6) is 5.75 Å². The smallest absolute Gasteiger partial charge is 0.224 e. The van der Waals surface area contributed by atoms with Crippen LogP contribution in [0.1, 0.15) is 36.9 Å². The number of nitrogens with zero attached hydrogens (tertiary/aromatic N) is 3. The SMILES string of the molecule is O=C1CCc2cc(OCCCCN3CCCN(Cc4ccc5ccccc5n4)CC3)ccc2N1. The van der Waals surface area contributed by atoms with E-state index >= 15 is 0 Å². The number of rotatable bonds is 8. The Morgan fingerprint density at radius 2 is 1.79 bits per heavy atom. The van der Waals surface area contributed by atoms with Crippen molar-refractivity contribution in [1.29, 1.82) is 0 Å². The lowest BCUT2D eigenvalue weighted by Crippen LogP contribution is -2.31. The molecule has 1 amide bonds. The number of carbonyl (C=O) groups is 1. The van der Waals surface area contributed by atoms with Gasteiger partial charge in [0.2, 0.25) is 5.91 Å². The van der Waals surface area contributed by atoms with E-state index in [4.69, 9.17) is 9.72 Å². The van der Waals surface area contributed by atoms with Crippen molar-refractivity contribution in [2.75, 3.05) is 44.6 Å². The maximum Gasteiger partial charge on any atom is 0.224 e. The summed E-state index contributed by atoms with van der Waals surface area (Å²) in [5, 5.41) is 4.13. The maximum absolute atomic E-state index is 11.5. The lowest BCUT2D eigenvalue weighted by atomic mass is 10.0. The molecule has 0 unspecified atom stereocenters. The minimum absolute atomic E-state index is 0.100. The van der Waals surface area contributed by atoms with E-state index in [-0.39, 0.29) is 5.91 Å². The third-order valence-corrected chi connectivity index (χ3v) is 6.83. The summed E-state index contributed by atoms with van der Waals surface area (Å²) in [6.07, 6.45) is 4.75. The van der Waals surface area contributed by atoms with E-state index in [0.29, 0.717) is 6.42 Å². The van der Waals surface area contributed by atoms with Crippen LogP contribution in [0.3, 0.4) is 0 Å². The Morgan fingerprint density at radius 3 is 2.76 bits per heavy atom. The number of hydrogen-bond acceptors (Lipinski definition) is 5. The molecule has 1 aromatic heterocycles. The summed E-state index contributed by atoms with van der Waals surface area (Å²) in [7, 11) is 0. The molecule has 5 rings (SSSR count). The summed E-state index contributed by atoms with van der Waals surface area (Å²) in [6.45, 7) is 7.30. The van der Waals surface area contributed by atoms with Gasteiger partial charge in [-0.2, -0.15) is 0 Å². The Balaban J connectivity index is 1.02. The highest BCUT2D eigenvalue weighted by Gasteiger charge is 2.16. The maximum atomic E-state index is 11.5. The highest BCUT2D eigenvalue weighted by atomic mass is 16.5. The number of unbranched alkanes of at least 4 members (excludes halogenated alkanes) is 1. The molecule has 0 bridgehead atoms. The first kappa shape index (κ1) is 22.8. The minimum Gasteiger partial charge on any atom is -0.494 e. The summed E-state index contributed by atoms with van der Waals surface area (Å²) >= 11 is 0. The van der Waals surface area contributed by atoms with Gasteiger partial charge in [0.1, 0.15) is 5.75 Å². The Bertz CT molecular complexity index is 1130. The molecule has 2 aliphatic heterocycles. The van der Waals surface area contributed by atoms with Gasteiger partial charge in [0.15, 0.2) is 0 Å². The van der Waals surface area contributed by atoms with Crippen LogP contribution in [0.25, 0.3) is 10.9 Å². The molecule has 6 heteroatoms. The highest BCUT2D eigenvalue weighted by molar-refractivity contribution is 5.94. The number of anilines is 1. The fraction of sp³-hybridized carbons (Fsp3) is 0.429. The van der Waals surface area contributed by atoms with Crippen molar-refractivity contribution in [1.82, 2.24) is 14.8 Å². The van der Waals surface area contributed by atoms with Crippen molar-refractivity contribution in [3.63, 3.8) is 0 Å². The van der Waals surface area contributed by atoms with Crippen LogP contribution in [0.15, 0.2) is 54.6 Å². The summed E-state index contributed by atoms with van der Waals surface area (Å²) in [5.41, 5.74) is 4.34. The average Bonchev–Trinajstić information content (AvgIpc) is 3.09. The number of amides is 1. The Hall–Kier alpha value is -2.96. The van der Waals surface area contributed by atoms with Gasteiger partial charge in [-0.1, -0.05) is 24.3 Å². The molecular weight excluding hydrogens is 424 g/mol. The highest BCUT2D eigenvalue weighted by Crippen LogP contribution is 2.27. The van der Waals surface area contributed by atoms with Gasteiger partial charge in [-0.15, -0.1) is 0 Å². The van der Waals surface area contributed by atoms with Crippen LogP contribution < -0.4 is 10.1 Å². The Kier molecular flexibility index (Phi) is 7.37. The van der Waals surface area contributed by atoms with Crippen molar-refractivity contribution in [3.05, 3.63) is 65.9 Å². The molecule has 178 valence electrons. The normalized spacial score (nSPS) is 17.2. The fourth-order valence-electron chi connectivity index (χ4n) is 4.91. The molecule has 3 aromatic rings. The summed E-state index contributed by atoms with van der Waals surface area (Å²) in [6, 6.07) is 18.7. The predicted molar refractivity (Wildman–Crippen MR) is 136 cm³/mol. The van der Waals surface area contributed by atoms with Gasteiger partial charge in [-0.05, 0) is 81.2 Å². The second kappa shape index (κ2) is 11.0. The monoisotopic (exact) mass is 458 g/mol. The van der Waals surface area contributed by atoms with Gasteiger partial charge in [0.05, 0.1) is 17.8 Å². The van der Waals surface area contributed by atoms with Gasteiger partial charge < -0.3 is 15.0 Å². The van der Waals surface area contributed by atoms with Crippen LogP contribution in [0.4, 0.5) is 5.69 Å². The van der Waals surface area contributed by atoms with Gasteiger partial charge >= 0.3 is 0 Å². The predicted octanol–water partition coefficient (Wildman–Crippen LogP) is 4.49. The van der Waals surface area contributed by atoms with Crippen molar-refractivity contribution < 1.29 is 9.53 Å². The summed E-state index contributed by atoms with van der Waals surface area (Å²) in [5.74, 6) is 1.01. The molecule has 0 atom stereocenters. The number of para-hydroxylation sites is 1. The second-order valence-corrected chi connectivity index (χ2v) is 9.39. The zero-order chi connectivity index (χ0) is 23.2. The summed E-state index contributed by atoms with van der Waals surface area (Å²) in [4.78, 5) is 21.5.